The minimum atomic E-state index is -1.75. The highest BCUT2D eigenvalue weighted by atomic mass is 35.5. The van der Waals surface area contributed by atoms with Gasteiger partial charge in [0.15, 0.2) is 5.78 Å². The normalized spacial score (nSPS) is 22.3. The lowest BCUT2D eigenvalue weighted by atomic mass is 9.60. The van der Waals surface area contributed by atoms with Crippen molar-refractivity contribution in [1.29, 1.82) is 0 Å². The Balaban J connectivity index is 1.94. The molecule has 3 N–H and O–H groups in total. The van der Waals surface area contributed by atoms with Crippen molar-refractivity contribution in [3.05, 3.63) is 80.2 Å². The maximum atomic E-state index is 14.1. The van der Waals surface area contributed by atoms with Crippen LogP contribution in [0.4, 0.5) is 11.4 Å². The Kier molecular flexibility index (Phi) is 5.92. The lowest BCUT2D eigenvalue weighted by molar-refractivity contribution is -0.140. The zero-order valence-corrected chi connectivity index (χ0v) is 22.5. The largest absolute Gasteiger partial charge is 0.462 e. The number of hydrogen-bond acceptors (Lipinski definition) is 6. The number of carbonyl (C=O) groups excluding carboxylic acids is 3. The second kappa shape index (κ2) is 8.64. The van der Waals surface area contributed by atoms with Gasteiger partial charge in [0.25, 0.3) is 0 Å². The van der Waals surface area contributed by atoms with Gasteiger partial charge in [0.2, 0.25) is 5.91 Å². The van der Waals surface area contributed by atoms with E-state index in [4.69, 9.17) is 33.7 Å². The molecule has 0 bridgehead atoms. The standard InChI is InChI=1S/C28H27Cl2N3O4/c1-5-37-25(35)23-24(31)33(19-9-7-15(29)11-17(19)30)20-12-27(3,4)13-21(34)22(20)28(23)16-10-14(2)6-8-18(16)32-26(28)36/h6-11H,5,12-13,31H2,1-4H3,(H,32,36). The van der Waals surface area contributed by atoms with Crippen molar-refractivity contribution in [1.82, 2.24) is 0 Å². The predicted octanol–water partition coefficient (Wildman–Crippen LogP) is 5.39. The van der Waals surface area contributed by atoms with Crippen LogP contribution in [0, 0.1) is 12.3 Å². The van der Waals surface area contributed by atoms with Crippen LogP contribution in [0.5, 0.6) is 0 Å². The molecule has 0 saturated carbocycles. The fourth-order valence-corrected chi connectivity index (χ4v) is 6.28. The first kappa shape index (κ1) is 25.4. The number of halogens is 2. The molecule has 2 heterocycles. The van der Waals surface area contributed by atoms with Crippen molar-refractivity contribution in [2.75, 3.05) is 16.8 Å². The first-order chi connectivity index (χ1) is 17.4. The molecule has 0 fully saturated rings. The first-order valence-corrected chi connectivity index (χ1v) is 12.8. The maximum absolute atomic E-state index is 14.1. The first-order valence-electron chi connectivity index (χ1n) is 12.0. The van der Waals surface area contributed by atoms with Gasteiger partial charge in [-0.1, -0.05) is 54.7 Å². The summed E-state index contributed by atoms with van der Waals surface area (Å²) in [7, 11) is 0. The monoisotopic (exact) mass is 539 g/mol. The zero-order valence-electron chi connectivity index (χ0n) is 21.0. The number of hydrogen-bond donors (Lipinski definition) is 2. The Morgan fingerprint density at radius 2 is 1.86 bits per heavy atom. The Hall–Kier alpha value is -3.29. The summed E-state index contributed by atoms with van der Waals surface area (Å²) in [6.45, 7) is 7.58. The quantitative estimate of drug-likeness (QED) is 0.507. The smallest absolute Gasteiger partial charge is 0.339 e. The molecule has 1 aliphatic carbocycles. The minimum absolute atomic E-state index is 0.0172. The number of Topliss-reactive ketones (excluding diaryl/α,β-unsaturated/α-hetero) is 1. The third-order valence-corrected chi connectivity index (χ3v) is 7.71. The second-order valence-corrected chi connectivity index (χ2v) is 11.3. The van der Waals surface area contributed by atoms with Crippen LogP contribution in [-0.2, 0) is 24.5 Å². The summed E-state index contributed by atoms with van der Waals surface area (Å²) in [6.07, 6.45) is 0.611. The summed E-state index contributed by atoms with van der Waals surface area (Å²) in [5.74, 6) is -1.54. The number of rotatable bonds is 3. The number of nitrogens with one attached hydrogen (secondary N) is 1. The number of anilines is 2. The molecule has 1 spiro atoms. The van der Waals surface area contributed by atoms with Crippen molar-refractivity contribution < 1.29 is 19.1 Å². The van der Waals surface area contributed by atoms with Crippen LogP contribution >= 0.6 is 23.2 Å². The summed E-state index contributed by atoms with van der Waals surface area (Å²) >= 11 is 12.8. The van der Waals surface area contributed by atoms with Gasteiger partial charge in [0.1, 0.15) is 16.8 Å². The lowest BCUT2D eigenvalue weighted by Gasteiger charge is -2.47. The van der Waals surface area contributed by atoms with Crippen LogP contribution in [0.25, 0.3) is 0 Å². The van der Waals surface area contributed by atoms with Crippen LogP contribution in [0.3, 0.4) is 0 Å². The van der Waals surface area contributed by atoms with E-state index in [9.17, 15) is 14.4 Å². The molecule has 1 atom stereocenters. The van der Waals surface area contributed by atoms with E-state index in [1.54, 1.807) is 36.1 Å². The number of benzene rings is 2. The third-order valence-electron chi connectivity index (χ3n) is 7.17. The summed E-state index contributed by atoms with van der Waals surface area (Å²) in [6, 6.07) is 10.4. The van der Waals surface area contributed by atoms with Gasteiger partial charge in [-0.15, -0.1) is 0 Å². The van der Waals surface area contributed by atoms with E-state index < -0.39 is 22.7 Å². The number of fused-ring (bicyclic) bond motifs is 3. The number of esters is 1. The van der Waals surface area contributed by atoms with E-state index >= 15 is 0 Å². The molecule has 0 aromatic heterocycles. The lowest BCUT2D eigenvalue weighted by Crippen LogP contribution is -2.54. The van der Waals surface area contributed by atoms with Crippen LogP contribution in [0.1, 0.15) is 44.7 Å². The highest BCUT2D eigenvalue weighted by Crippen LogP contribution is 2.58. The number of ketones is 1. The molecular weight excluding hydrogens is 513 g/mol. The Morgan fingerprint density at radius 3 is 2.54 bits per heavy atom. The molecule has 1 amide bonds. The van der Waals surface area contributed by atoms with Crippen molar-refractivity contribution in [2.24, 2.45) is 11.1 Å². The van der Waals surface area contributed by atoms with Gasteiger partial charge in [-0.2, -0.15) is 0 Å². The van der Waals surface area contributed by atoms with Gasteiger partial charge in [0, 0.05) is 34.0 Å². The fraction of sp³-hybridized carbons (Fsp3) is 0.321. The number of aryl methyl sites for hydroxylation is 1. The van der Waals surface area contributed by atoms with Crippen molar-refractivity contribution >= 4 is 52.2 Å². The van der Waals surface area contributed by atoms with Crippen molar-refractivity contribution in [3.8, 4) is 0 Å². The average Bonchev–Trinajstić information content (AvgIpc) is 3.05. The summed E-state index contributed by atoms with van der Waals surface area (Å²) in [5.41, 5.74) is 7.63. The second-order valence-electron chi connectivity index (χ2n) is 10.4. The van der Waals surface area contributed by atoms with Crippen molar-refractivity contribution in [2.45, 2.75) is 46.0 Å². The molecule has 0 saturated heterocycles. The SMILES string of the molecule is CCOC(=O)C1=C(N)N(c2ccc(Cl)cc2Cl)C2=C(C(=O)CC(C)(C)C2)C12C(=O)Nc1ccc(C)cc12. The maximum Gasteiger partial charge on any atom is 0.339 e. The van der Waals surface area contributed by atoms with Gasteiger partial charge < -0.3 is 15.8 Å². The molecule has 2 aromatic carbocycles. The Bertz CT molecular complexity index is 1460. The molecule has 3 aliphatic rings. The summed E-state index contributed by atoms with van der Waals surface area (Å²) < 4.78 is 5.45. The highest BCUT2D eigenvalue weighted by molar-refractivity contribution is 6.36. The van der Waals surface area contributed by atoms with Gasteiger partial charge in [-0.25, -0.2) is 4.79 Å². The number of allylic oxidation sites excluding steroid dienone is 1. The van der Waals surface area contributed by atoms with E-state index in [2.05, 4.69) is 5.32 Å². The van der Waals surface area contributed by atoms with Gasteiger partial charge >= 0.3 is 5.97 Å². The van der Waals surface area contributed by atoms with Crippen LogP contribution in [0.2, 0.25) is 10.0 Å². The molecule has 2 aliphatic heterocycles. The van der Waals surface area contributed by atoms with Gasteiger partial charge in [-0.05, 0) is 49.9 Å². The zero-order chi connectivity index (χ0) is 26.9. The van der Waals surface area contributed by atoms with Crippen LogP contribution in [-0.4, -0.2) is 24.3 Å². The van der Waals surface area contributed by atoms with E-state index in [0.717, 1.165) is 5.56 Å². The number of ether oxygens (including phenoxy) is 1. The summed E-state index contributed by atoms with van der Waals surface area (Å²) in [5, 5.41) is 3.60. The molecule has 7 nitrogen and oxygen atoms in total. The van der Waals surface area contributed by atoms with Gasteiger partial charge in [0.05, 0.1) is 17.3 Å². The Labute approximate surface area is 225 Å². The number of nitrogens with two attached hydrogens (primary N) is 1. The Morgan fingerprint density at radius 1 is 1.14 bits per heavy atom. The molecule has 37 heavy (non-hydrogen) atoms. The van der Waals surface area contributed by atoms with E-state index in [1.165, 1.54) is 0 Å². The highest BCUT2D eigenvalue weighted by Gasteiger charge is 2.63. The van der Waals surface area contributed by atoms with Crippen molar-refractivity contribution in [3.63, 3.8) is 0 Å². The molecule has 9 heteroatoms. The van der Waals surface area contributed by atoms with E-state index in [-0.39, 0.29) is 40.8 Å². The van der Waals surface area contributed by atoms with E-state index in [0.29, 0.717) is 34.1 Å². The molecular formula is C28H27Cl2N3O4. The topological polar surface area (TPSA) is 102 Å². The molecule has 2 aromatic rings. The molecule has 5 rings (SSSR count). The molecule has 0 radical (unpaired) electrons. The predicted molar refractivity (Wildman–Crippen MR) is 143 cm³/mol. The molecule has 192 valence electrons. The number of carbonyl (C=O) groups is 3. The molecule has 1 unspecified atom stereocenters. The van der Waals surface area contributed by atoms with Gasteiger partial charge in [-0.3, -0.25) is 14.5 Å². The average molecular weight is 540 g/mol. The number of nitrogens with zero attached hydrogens (tertiary/aromatic N) is 1. The number of amides is 1. The van der Waals surface area contributed by atoms with E-state index in [1.807, 2.05) is 32.9 Å². The fourth-order valence-electron chi connectivity index (χ4n) is 5.79. The van der Waals surface area contributed by atoms with Crippen LogP contribution in [0.15, 0.2) is 59.1 Å². The summed E-state index contributed by atoms with van der Waals surface area (Å²) in [4.78, 5) is 43.4. The van der Waals surface area contributed by atoms with Crippen LogP contribution < -0.4 is 16.0 Å². The third kappa shape index (κ3) is 3.67. The minimum Gasteiger partial charge on any atom is -0.462 e.